The lowest BCUT2D eigenvalue weighted by atomic mass is 9.92. The van der Waals surface area contributed by atoms with Gasteiger partial charge >= 0.3 is 5.97 Å². The number of nitrogens with one attached hydrogen (secondary N) is 2. The molecule has 0 fully saturated rings. The SMILES string of the molecule is CCC(C(=O)N[C@@H](CC(=O)O)C(C)=O)n1cc(C(C)(C)C)nc(NCc2nonc2C)c1=O. The number of Topliss-reactive ketones (excluding diaryl/α,β-unsaturated/α-hetero) is 1. The first kappa shape index (κ1) is 25.7. The Balaban J connectivity index is 2.45. The van der Waals surface area contributed by atoms with E-state index in [1.807, 2.05) is 20.8 Å². The van der Waals surface area contributed by atoms with E-state index in [9.17, 15) is 19.2 Å². The second kappa shape index (κ2) is 10.4. The number of nitrogens with zero attached hydrogens (tertiary/aromatic N) is 4. The Morgan fingerprint density at radius 2 is 1.91 bits per heavy atom. The molecule has 0 aliphatic heterocycles. The van der Waals surface area contributed by atoms with Crippen LogP contribution in [-0.2, 0) is 26.3 Å². The van der Waals surface area contributed by atoms with Crippen LogP contribution < -0.4 is 16.2 Å². The van der Waals surface area contributed by atoms with E-state index in [1.54, 1.807) is 13.8 Å². The van der Waals surface area contributed by atoms with E-state index >= 15 is 0 Å². The van der Waals surface area contributed by atoms with Crippen LogP contribution >= 0.6 is 0 Å². The summed E-state index contributed by atoms with van der Waals surface area (Å²) >= 11 is 0. The first-order valence-corrected chi connectivity index (χ1v) is 10.5. The summed E-state index contributed by atoms with van der Waals surface area (Å²) in [7, 11) is 0. The predicted octanol–water partition coefficient (Wildman–Crippen LogP) is 1.34. The number of amides is 1. The molecule has 1 unspecified atom stereocenters. The van der Waals surface area contributed by atoms with E-state index in [-0.39, 0.29) is 18.8 Å². The smallest absolute Gasteiger partial charge is 0.305 e. The third-order valence-corrected chi connectivity index (χ3v) is 5.08. The average Bonchev–Trinajstić information content (AvgIpc) is 3.11. The number of hydrogen-bond acceptors (Lipinski definition) is 9. The van der Waals surface area contributed by atoms with Crippen molar-refractivity contribution in [3.8, 4) is 0 Å². The molecule has 2 heterocycles. The Labute approximate surface area is 190 Å². The zero-order valence-electron chi connectivity index (χ0n) is 19.6. The number of carbonyl (C=O) groups excluding carboxylic acids is 2. The van der Waals surface area contributed by atoms with Gasteiger partial charge in [-0.05, 0) is 20.3 Å². The Kier molecular flexibility index (Phi) is 8.07. The van der Waals surface area contributed by atoms with Crippen molar-refractivity contribution in [1.29, 1.82) is 0 Å². The summed E-state index contributed by atoms with van der Waals surface area (Å²) in [5.74, 6) is -2.32. The van der Waals surface area contributed by atoms with Crippen molar-refractivity contribution in [2.75, 3.05) is 5.32 Å². The third-order valence-electron chi connectivity index (χ3n) is 5.08. The highest BCUT2D eigenvalue weighted by Gasteiger charge is 2.28. The number of aliphatic carboxylic acids is 1. The molecule has 0 saturated carbocycles. The van der Waals surface area contributed by atoms with Gasteiger partial charge < -0.3 is 15.7 Å². The molecule has 0 aromatic carbocycles. The number of carbonyl (C=O) groups is 3. The Hall–Kier alpha value is -3.57. The fourth-order valence-corrected chi connectivity index (χ4v) is 3.04. The minimum Gasteiger partial charge on any atom is -0.481 e. The van der Waals surface area contributed by atoms with Gasteiger partial charge in [0.2, 0.25) is 5.91 Å². The molecule has 180 valence electrons. The van der Waals surface area contributed by atoms with Crippen LogP contribution in [0.15, 0.2) is 15.6 Å². The number of anilines is 1. The molecular weight excluding hydrogens is 432 g/mol. The Morgan fingerprint density at radius 1 is 1.24 bits per heavy atom. The number of ketones is 1. The molecule has 2 rings (SSSR count). The summed E-state index contributed by atoms with van der Waals surface area (Å²) in [6.07, 6.45) is 1.20. The second-order valence-electron chi connectivity index (χ2n) is 8.78. The van der Waals surface area contributed by atoms with Crippen molar-refractivity contribution in [3.05, 3.63) is 33.6 Å². The Morgan fingerprint density at radius 3 is 2.39 bits per heavy atom. The second-order valence-corrected chi connectivity index (χ2v) is 8.78. The molecule has 0 saturated heterocycles. The van der Waals surface area contributed by atoms with Crippen LogP contribution in [0.1, 0.15) is 70.6 Å². The number of hydrogen-bond donors (Lipinski definition) is 3. The number of aromatic nitrogens is 4. The minimum absolute atomic E-state index is 0.0183. The summed E-state index contributed by atoms with van der Waals surface area (Å²) in [6.45, 7) is 10.5. The number of aryl methyl sites for hydroxylation is 1. The maximum atomic E-state index is 13.2. The Bertz CT molecular complexity index is 1080. The fourth-order valence-electron chi connectivity index (χ4n) is 3.04. The zero-order chi connectivity index (χ0) is 24.9. The monoisotopic (exact) mass is 462 g/mol. The van der Waals surface area contributed by atoms with Crippen LogP contribution in [0.5, 0.6) is 0 Å². The summed E-state index contributed by atoms with van der Waals surface area (Å²) in [6, 6.07) is -2.17. The predicted molar refractivity (Wildman–Crippen MR) is 118 cm³/mol. The van der Waals surface area contributed by atoms with Crippen LogP contribution in [0.3, 0.4) is 0 Å². The molecule has 12 nitrogen and oxygen atoms in total. The van der Waals surface area contributed by atoms with Crippen molar-refractivity contribution >= 4 is 23.5 Å². The lowest BCUT2D eigenvalue weighted by Crippen LogP contribution is -2.46. The van der Waals surface area contributed by atoms with Crippen molar-refractivity contribution < 1.29 is 24.1 Å². The van der Waals surface area contributed by atoms with E-state index in [1.165, 1.54) is 17.7 Å². The van der Waals surface area contributed by atoms with E-state index in [4.69, 9.17) is 5.11 Å². The molecule has 0 radical (unpaired) electrons. The normalized spacial score (nSPS) is 13.3. The van der Waals surface area contributed by atoms with E-state index in [0.717, 1.165) is 0 Å². The summed E-state index contributed by atoms with van der Waals surface area (Å²) in [4.78, 5) is 53.6. The molecule has 0 aliphatic rings. The molecule has 0 aliphatic carbocycles. The van der Waals surface area contributed by atoms with Gasteiger partial charge in [0.05, 0.1) is 24.7 Å². The van der Waals surface area contributed by atoms with Gasteiger partial charge in [0.25, 0.3) is 5.56 Å². The molecule has 12 heteroatoms. The maximum Gasteiger partial charge on any atom is 0.305 e. The van der Waals surface area contributed by atoms with Crippen molar-refractivity contribution in [2.45, 2.75) is 78.4 Å². The molecule has 1 amide bonds. The van der Waals surface area contributed by atoms with E-state index in [2.05, 4.69) is 30.6 Å². The third kappa shape index (κ3) is 6.46. The molecule has 0 bridgehead atoms. The van der Waals surface area contributed by atoms with Crippen LogP contribution in [0, 0.1) is 6.92 Å². The van der Waals surface area contributed by atoms with Crippen molar-refractivity contribution in [1.82, 2.24) is 25.2 Å². The molecule has 33 heavy (non-hydrogen) atoms. The van der Waals surface area contributed by atoms with Crippen LogP contribution in [0.25, 0.3) is 0 Å². The number of rotatable bonds is 10. The highest BCUT2D eigenvalue weighted by molar-refractivity contribution is 5.91. The number of carboxylic acid groups (broad SMARTS) is 1. The van der Waals surface area contributed by atoms with Gasteiger partial charge in [-0.2, -0.15) is 0 Å². The fraction of sp³-hybridized carbons (Fsp3) is 0.571. The quantitative estimate of drug-likeness (QED) is 0.468. The standard InChI is InChI=1S/C21H30N6O6/c1-7-15(19(31)23-13(12(3)28)8-17(29)30)27-10-16(21(4,5)6)24-18(20(27)32)22-9-14-11(2)25-33-26-14/h10,13,15H,7-9H2,1-6H3,(H,22,24)(H,23,31)(H,29,30)/t13-,15?/m0/s1. The van der Waals surface area contributed by atoms with Crippen LogP contribution in [0.4, 0.5) is 5.82 Å². The minimum atomic E-state index is -1.22. The van der Waals surface area contributed by atoms with Crippen LogP contribution in [-0.4, -0.2) is 48.7 Å². The van der Waals surface area contributed by atoms with Crippen molar-refractivity contribution in [2.24, 2.45) is 0 Å². The maximum absolute atomic E-state index is 13.2. The highest BCUT2D eigenvalue weighted by Crippen LogP contribution is 2.22. The van der Waals surface area contributed by atoms with Crippen molar-refractivity contribution in [3.63, 3.8) is 0 Å². The lowest BCUT2D eigenvalue weighted by Gasteiger charge is -2.25. The van der Waals surface area contributed by atoms with Gasteiger partial charge in [-0.3, -0.25) is 23.7 Å². The first-order valence-electron chi connectivity index (χ1n) is 10.5. The van der Waals surface area contributed by atoms with Crippen LogP contribution in [0.2, 0.25) is 0 Å². The van der Waals surface area contributed by atoms with Gasteiger partial charge in [-0.25, -0.2) is 9.61 Å². The van der Waals surface area contributed by atoms with E-state index < -0.39 is 47.1 Å². The summed E-state index contributed by atoms with van der Waals surface area (Å²) in [5.41, 5.74) is 0.634. The molecule has 3 N–H and O–H groups in total. The topological polar surface area (TPSA) is 169 Å². The molecule has 0 spiro atoms. The summed E-state index contributed by atoms with van der Waals surface area (Å²) < 4.78 is 5.93. The van der Waals surface area contributed by atoms with Gasteiger partial charge in [0, 0.05) is 11.6 Å². The molecule has 2 atom stereocenters. The van der Waals surface area contributed by atoms with Gasteiger partial charge in [-0.15, -0.1) is 0 Å². The molecule has 2 aromatic rings. The lowest BCUT2D eigenvalue weighted by molar-refractivity contribution is -0.140. The van der Waals surface area contributed by atoms with E-state index in [0.29, 0.717) is 17.1 Å². The zero-order valence-corrected chi connectivity index (χ0v) is 19.6. The molecule has 2 aromatic heterocycles. The van der Waals surface area contributed by atoms with Gasteiger partial charge in [0.15, 0.2) is 11.6 Å². The van der Waals surface area contributed by atoms with Gasteiger partial charge in [0.1, 0.15) is 17.4 Å². The van der Waals surface area contributed by atoms with Gasteiger partial charge in [-0.1, -0.05) is 38.0 Å². The largest absolute Gasteiger partial charge is 0.481 e. The number of carboxylic acids is 1. The average molecular weight is 463 g/mol. The first-order chi connectivity index (χ1) is 15.3. The molecular formula is C21H30N6O6. The summed E-state index contributed by atoms with van der Waals surface area (Å²) in [5, 5.41) is 21.9. The highest BCUT2D eigenvalue weighted by atomic mass is 16.6.